The molecule has 0 aliphatic heterocycles. The van der Waals surface area contributed by atoms with Crippen molar-refractivity contribution in [3.8, 4) is 0 Å². The standard InChI is InChI=1S/C12H15ClFN3O2/c1-6(10-8(13)4-3-5-9(10)14)16-11(18)7(2)17-12(15)19/h3-7H,1-2H3,(H,16,18)(H3,15,17,19). The summed E-state index contributed by atoms with van der Waals surface area (Å²) in [5, 5.41) is 5.00. The first-order chi connectivity index (χ1) is 8.82. The van der Waals surface area contributed by atoms with Gasteiger partial charge in [0, 0.05) is 10.6 Å². The average Bonchev–Trinajstić information content (AvgIpc) is 2.27. The highest BCUT2D eigenvalue weighted by Crippen LogP contribution is 2.25. The molecule has 2 unspecified atom stereocenters. The third-order valence-electron chi connectivity index (χ3n) is 2.54. The molecular formula is C12H15ClFN3O2. The van der Waals surface area contributed by atoms with Crippen molar-refractivity contribution in [2.75, 3.05) is 0 Å². The summed E-state index contributed by atoms with van der Waals surface area (Å²) in [6.07, 6.45) is 0. The van der Waals surface area contributed by atoms with E-state index >= 15 is 0 Å². The van der Waals surface area contributed by atoms with Crippen LogP contribution in [0.1, 0.15) is 25.5 Å². The minimum atomic E-state index is -0.814. The van der Waals surface area contributed by atoms with Crippen molar-refractivity contribution in [3.63, 3.8) is 0 Å². The lowest BCUT2D eigenvalue weighted by Gasteiger charge is -2.19. The van der Waals surface area contributed by atoms with E-state index in [0.29, 0.717) is 0 Å². The number of nitrogens with two attached hydrogens (primary N) is 1. The number of hydrogen-bond acceptors (Lipinski definition) is 2. The van der Waals surface area contributed by atoms with Crippen molar-refractivity contribution < 1.29 is 14.0 Å². The molecule has 104 valence electrons. The Labute approximate surface area is 115 Å². The van der Waals surface area contributed by atoms with Crippen LogP contribution in [-0.2, 0) is 4.79 Å². The molecule has 1 aromatic carbocycles. The van der Waals surface area contributed by atoms with E-state index in [4.69, 9.17) is 17.3 Å². The third-order valence-corrected chi connectivity index (χ3v) is 2.87. The maximum Gasteiger partial charge on any atom is 0.312 e. The highest BCUT2D eigenvalue weighted by atomic mass is 35.5. The van der Waals surface area contributed by atoms with E-state index in [1.54, 1.807) is 6.92 Å². The number of benzene rings is 1. The van der Waals surface area contributed by atoms with Crippen LogP contribution < -0.4 is 16.4 Å². The number of amides is 3. The molecule has 0 aliphatic carbocycles. The van der Waals surface area contributed by atoms with Gasteiger partial charge in [-0.15, -0.1) is 0 Å². The first kappa shape index (κ1) is 15.2. The zero-order valence-corrected chi connectivity index (χ0v) is 11.3. The van der Waals surface area contributed by atoms with Crippen molar-refractivity contribution >= 4 is 23.5 Å². The molecule has 0 radical (unpaired) electrons. The summed E-state index contributed by atoms with van der Waals surface area (Å²) in [4.78, 5) is 22.4. The molecule has 19 heavy (non-hydrogen) atoms. The maximum absolute atomic E-state index is 13.6. The molecular weight excluding hydrogens is 273 g/mol. The van der Waals surface area contributed by atoms with E-state index in [9.17, 15) is 14.0 Å². The summed E-state index contributed by atoms with van der Waals surface area (Å²) in [7, 11) is 0. The molecule has 0 heterocycles. The molecule has 0 bridgehead atoms. The van der Waals surface area contributed by atoms with Gasteiger partial charge in [-0.2, -0.15) is 0 Å². The Balaban J connectivity index is 2.77. The topological polar surface area (TPSA) is 84.2 Å². The Bertz CT molecular complexity index is 476. The van der Waals surface area contributed by atoms with Crippen molar-refractivity contribution in [2.45, 2.75) is 25.9 Å². The largest absolute Gasteiger partial charge is 0.352 e. The lowest BCUT2D eigenvalue weighted by atomic mass is 10.1. The number of carbonyl (C=O) groups excluding carboxylic acids is 2. The van der Waals surface area contributed by atoms with Crippen LogP contribution in [-0.4, -0.2) is 18.0 Å². The van der Waals surface area contributed by atoms with Gasteiger partial charge in [0.15, 0.2) is 0 Å². The second-order valence-corrected chi connectivity index (χ2v) is 4.50. The van der Waals surface area contributed by atoms with E-state index in [1.165, 1.54) is 25.1 Å². The molecule has 3 amide bonds. The lowest BCUT2D eigenvalue weighted by molar-refractivity contribution is -0.123. The molecule has 1 aromatic rings. The highest BCUT2D eigenvalue weighted by Gasteiger charge is 2.20. The maximum atomic E-state index is 13.6. The first-order valence-electron chi connectivity index (χ1n) is 5.63. The predicted molar refractivity (Wildman–Crippen MR) is 70.1 cm³/mol. The zero-order valence-electron chi connectivity index (χ0n) is 10.5. The van der Waals surface area contributed by atoms with Gasteiger partial charge in [0.1, 0.15) is 11.9 Å². The van der Waals surface area contributed by atoms with Crippen molar-refractivity contribution in [1.29, 1.82) is 0 Å². The molecule has 0 saturated heterocycles. The van der Waals surface area contributed by atoms with E-state index in [-0.39, 0.29) is 10.6 Å². The van der Waals surface area contributed by atoms with Gasteiger partial charge in [-0.3, -0.25) is 4.79 Å². The van der Waals surface area contributed by atoms with Gasteiger partial charge < -0.3 is 16.4 Å². The van der Waals surface area contributed by atoms with Crippen LogP contribution in [0.15, 0.2) is 18.2 Å². The minimum absolute atomic E-state index is 0.198. The smallest absolute Gasteiger partial charge is 0.312 e. The average molecular weight is 288 g/mol. The molecule has 4 N–H and O–H groups in total. The summed E-state index contributed by atoms with van der Waals surface area (Å²) < 4.78 is 13.6. The number of hydrogen-bond donors (Lipinski definition) is 3. The van der Waals surface area contributed by atoms with Gasteiger partial charge in [-0.1, -0.05) is 17.7 Å². The molecule has 0 fully saturated rings. The van der Waals surface area contributed by atoms with Crippen LogP contribution in [0.2, 0.25) is 5.02 Å². The van der Waals surface area contributed by atoms with Gasteiger partial charge in [0.25, 0.3) is 0 Å². The van der Waals surface area contributed by atoms with Crippen molar-refractivity contribution in [3.05, 3.63) is 34.6 Å². The Morgan fingerprint density at radius 1 is 1.32 bits per heavy atom. The number of nitrogens with one attached hydrogen (secondary N) is 2. The molecule has 0 saturated carbocycles. The Morgan fingerprint density at radius 3 is 2.47 bits per heavy atom. The summed E-state index contributed by atoms with van der Waals surface area (Å²) in [6.45, 7) is 3.06. The van der Waals surface area contributed by atoms with Crippen LogP contribution in [0.4, 0.5) is 9.18 Å². The molecule has 1 rings (SSSR count). The summed E-state index contributed by atoms with van der Waals surface area (Å²) in [5.74, 6) is -0.985. The molecule has 0 aromatic heterocycles. The molecule has 0 spiro atoms. The molecule has 5 nitrogen and oxygen atoms in total. The van der Waals surface area contributed by atoms with Gasteiger partial charge in [-0.25, -0.2) is 9.18 Å². The van der Waals surface area contributed by atoms with E-state index in [2.05, 4.69) is 10.6 Å². The summed E-state index contributed by atoms with van der Waals surface area (Å²) in [6, 6.07) is 2.03. The van der Waals surface area contributed by atoms with Gasteiger partial charge in [0.05, 0.1) is 6.04 Å². The Morgan fingerprint density at radius 2 is 1.95 bits per heavy atom. The SMILES string of the molecule is CC(NC(N)=O)C(=O)NC(C)c1c(F)cccc1Cl. The fourth-order valence-electron chi connectivity index (χ4n) is 1.61. The number of rotatable bonds is 4. The van der Waals surface area contributed by atoms with Crippen molar-refractivity contribution in [2.24, 2.45) is 5.73 Å². The zero-order chi connectivity index (χ0) is 14.6. The van der Waals surface area contributed by atoms with Crippen LogP contribution in [0.25, 0.3) is 0 Å². The van der Waals surface area contributed by atoms with Crippen LogP contribution >= 0.6 is 11.6 Å². The second-order valence-electron chi connectivity index (χ2n) is 4.10. The second kappa shape index (κ2) is 6.38. The first-order valence-corrected chi connectivity index (χ1v) is 6.01. The predicted octanol–water partition coefficient (Wildman–Crippen LogP) is 1.71. The van der Waals surface area contributed by atoms with Crippen LogP contribution in [0.3, 0.4) is 0 Å². The number of carbonyl (C=O) groups is 2. The summed E-state index contributed by atoms with van der Waals surface area (Å²) >= 11 is 5.89. The van der Waals surface area contributed by atoms with Gasteiger partial charge >= 0.3 is 6.03 Å². The van der Waals surface area contributed by atoms with Gasteiger partial charge in [0.2, 0.25) is 5.91 Å². The third kappa shape index (κ3) is 4.10. The van der Waals surface area contributed by atoms with E-state index in [0.717, 1.165) is 0 Å². The number of urea groups is 1. The monoisotopic (exact) mass is 287 g/mol. The molecule has 0 aliphatic rings. The Hall–Kier alpha value is -1.82. The lowest BCUT2D eigenvalue weighted by Crippen LogP contribution is -2.47. The molecule has 7 heteroatoms. The Kier molecular flexibility index (Phi) is 5.11. The van der Waals surface area contributed by atoms with E-state index < -0.39 is 29.8 Å². The number of primary amides is 1. The van der Waals surface area contributed by atoms with Gasteiger partial charge in [-0.05, 0) is 26.0 Å². The summed E-state index contributed by atoms with van der Waals surface area (Å²) in [5.41, 5.74) is 5.11. The molecule has 2 atom stereocenters. The normalized spacial score (nSPS) is 13.5. The quantitative estimate of drug-likeness (QED) is 0.788. The fourth-order valence-corrected chi connectivity index (χ4v) is 1.94. The highest BCUT2D eigenvalue weighted by molar-refractivity contribution is 6.31. The van der Waals surface area contributed by atoms with E-state index in [1.807, 2.05) is 0 Å². The minimum Gasteiger partial charge on any atom is -0.352 e. The fraction of sp³-hybridized carbons (Fsp3) is 0.333. The van der Waals surface area contributed by atoms with Crippen LogP contribution in [0, 0.1) is 5.82 Å². The van der Waals surface area contributed by atoms with Crippen molar-refractivity contribution in [1.82, 2.24) is 10.6 Å². The number of halogens is 2. The van der Waals surface area contributed by atoms with Crippen LogP contribution in [0.5, 0.6) is 0 Å².